The predicted molar refractivity (Wildman–Crippen MR) is 87.4 cm³/mol. The Morgan fingerprint density at radius 2 is 1.62 bits per heavy atom. The Balaban J connectivity index is 1.76. The Morgan fingerprint density at radius 1 is 0.917 bits per heavy atom. The summed E-state index contributed by atoms with van der Waals surface area (Å²) in [5.41, 5.74) is 0.179. The molecule has 2 atom stereocenters. The number of furan rings is 1. The smallest absolute Gasteiger partial charge is 0.218 e. The third kappa shape index (κ3) is 2.46. The van der Waals surface area contributed by atoms with Gasteiger partial charge in [-0.15, -0.1) is 0 Å². The molecule has 1 aromatic heterocycles. The van der Waals surface area contributed by atoms with Crippen molar-refractivity contribution in [2.45, 2.75) is 11.9 Å². The molecule has 0 N–H and O–H groups in total. The van der Waals surface area contributed by atoms with Crippen LogP contribution in [0.25, 0.3) is 0 Å². The van der Waals surface area contributed by atoms with Crippen LogP contribution in [0.5, 0.6) is 0 Å². The zero-order valence-corrected chi connectivity index (χ0v) is 12.9. The van der Waals surface area contributed by atoms with Gasteiger partial charge in [0.15, 0.2) is 11.4 Å². The lowest BCUT2D eigenvalue weighted by atomic mass is 9.86. The molecule has 120 valence electrons. The summed E-state index contributed by atoms with van der Waals surface area (Å²) in [6.45, 7) is 0.135. The molecule has 2 unspecified atom stereocenters. The van der Waals surface area contributed by atoms with Crippen molar-refractivity contribution in [2.75, 3.05) is 6.61 Å². The number of ketones is 1. The highest BCUT2D eigenvalue weighted by Gasteiger charge is 2.50. The van der Waals surface area contributed by atoms with Crippen molar-refractivity contribution in [1.82, 2.24) is 0 Å². The van der Waals surface area contributed by atoms with Crippen molar-refractivity contribution in [1.29, 1.82) is 0 Å². The quantitative estimate of drug-likeness (QED) is 0.679. The van der Waals surface area contributed by atoms with Crippen LogP contribution in [-0.4, -0.2) is 12.4 Å². The van der Waals surface area contributed by atoms with Crippen LogP contribution in [0, 0.1) is 0 Å². The highest BCUT2D eigenvalue weighted by Crippen LogP contribution is 2.42. The van der Waals surface area contributed by atoms with Crippen LogP contribution in [0.15, 0.2) is 83.5 Å². The van der Waals surface area contributed by atoms with Gasteiger partial charge in [0.2, 0.25) is 12.1 Å². The molecule has 4 heteroatoms. The maximum atomic E-state index is 13.2. The van der Waals surface area contributed by atoms with E-state index in [9.17, 15) is 4.79 Å². The van der Waals surface area contributed by atoms with E-state index in [-0.39, 0.29) is 12.4 Å². The number of Topliss-reactive ketones (excluding diaryl/α,β-unsaturated/α-hetero) is 1. The molecule has 1 aliphatic heterocycles. The first kappa shape index (κ1) is 14.9. The first-order valence-corrected chi connectivity index (χ1v) is 7.78. The van der Waals surface area contributed by atoms with Gasteiger partial charge in [-0.3, -0.25) is 4.79 Å². The van der Waals surface area contributed by atoms with Crippen molar-refractivity contribution in [3.05, 3.63) is 95.9 Å². The second-order valence-electron chi connectivity index (χ2n) is 5.66. The van der Waals surface area contributed by atoms with E-state index in [4.69, 9.17) is 13.9 Å². The van der Waals surface area contributed by atoms with Gasteiger partial charge in [-0.05, 0) is 17.7 Å². The van der Waals surface area contributed by atoms with E-state index >= 15 is 0 Å². The second-order valence-corrected chi connectivity index (χ2v) is 5.66. The molecule has 0 radical (unpaired) electrons. The summed E-state index contributed by atoms with van der Waals surface area (Å²) in [6, 6.07) is 22.1. The van der Waals surface area contributed by atoms with E-state index in [1.54, 1.807) is 30.5 Å². The predicted octanol–water partition coefficient (Wildman–Crippen LogP) is 4.10. The monoisotopic (exact) mass is 320 g/mol. The lowest BCUT2D eigenvalue weighted by Gasteiger charge is -2.26. The average molecular weight is 320 g/mol. The summed E-state index contributed by atoms with van der Waals surface area (Å²) in [7, 11) is 0. The molecule has 0 amide bonds. The molecule has 0 saturated carbocycles. The Hall–Kier alpha value is -2.69. The molecule has 1 saturated heterocycles. The van der Waals surface area contributed by atoms with Crippen molar-refractivity contribution in [3.8, 4) is 0 Å². The number of ether oxygens (including phenoxy) is 2. The van der Waals surface area contributed by atoms with Gasteiger partial charge >= 0.3 is 0 Å². The number of benzene rings is 2. The average Bonchev–Trinajstić information content (AvgIpc) is 3.33. The summed E-state index contributed by atoms with van der Waals surface area (Å²) < 4.78 is 17.3. The zero-order valence-electron chi connectivity index (χ0n) is 12.9. The van der Waals surface area contributed by atoms with Gasteiger partial charge in [-0.25, -0.2) is 0 Å². The van der Waals surface area contributed by atoms with E-state index in [1.807, 2.05) is 48.5 Å². The van der Waals surface area contributed by atoms with Crippen LogP contribution in [0.2, 0.25) is 0 Å². The fourth-order valence-electron chi connectivity index (χ4n) is 2.94. The van der Waals surface area contributed by atoms with Crippen LogP contribution in [0.4, 0.5) is 0 Å². The van der Waals surface area contributed by atoms with Gasteiger partial charge in [-0.1, -0.05) is 60.7 Å². The molecular weight excluding hydrogens is 304 g/mol. The minimum Gasteiger partial charge on any atom is -0.464 e. The minimum atomic E-state index is -1.18. The zero-order chi connectivity index (χ0) is 16.4. The summed E-state index contributed by atoms with van der Waals surface area (Å²) in [6.07, 6.45) is 0.858. The topological polar surface area (TPSA) is 48.7 Å². The van der Waals surface area contributed by atoms with Gasteiger partial charge in [0, 0.05) is 5.56 Å². The molecule has 1 aliphatic rings. The van der Waals surface area contributed by atoms with Crippen molar-refractivity contribution < 1.29 is 18.7 Å². The molecule has 1 fully saturated rings. The van der Waals surface area contributed by atoms with Crippen molar-refractivity contribution >= 4 is 5.78 Å². The molecule has 3 aromatic rings. The third-order valence-corrected chi connectivity index (χ3v) is 4.16. The number of rotatable bonds is 4. The van der Waals surface area contributed by atoms with Crippen molar-refractivity contribution in [2.24, 2.45) is 0 Å². The maximum Gasteiger partial charge on any atom is 0.218 e. The van der Waals surface area contributed by atoms with Crippen LogP contribution >= 0.6 is 0 Å². The summed E-state index contributed by atoms with van der Waals surface area (Å²) >= 11 is 0. The van der Waals surface area contributed by atoms with Crippen LogP contribution < -0.4 is 0 Å². The van der Waals surface area contributed by atoms with E-state index in [1.165, 1.54) is 0 Å². The summed E-state index contributed by atoms with van der Waals surface area (Å²) in [5, 5.41) is 0. The van der Waals surface area contributed by atoms with Gasteiger partial charge in [0.25, 0.3) is 0 Å². The molecular formula is C20H16O4. The molecule has 4 nitrogen and oxygen atoms in total. The number of carbonyl (C=O) groups excluding carboxylic acids is 1. The van der Waals surface area contributed by atoms with Crippen LogP contribution in [0.1, 0.15) is 28.0 Å². The molecule has 0 spiro atoms. The van der Waals surface area contributed by atoms with Crippen LogP contribution in [0.3, 0.4) is 0 Å². The molecule has 2 aromatic carbocycles. The van der Waals surface area contributed by atoms with E-state index in [0.29, 0.717) is 11.3 Å². The first-order chi connectivity index (χ1) is 11.8. The first-order valence-electron chi connectivity index (χ1n) is 7.78. The number of hydrogen-bond acceptors (Lipinski definition) is 4. The van der Waals surface area contributed by atoms with Gasteiger partial charge in [0.1, 0.15) is 0 Å². The molecule has 0 aliphatic carbocycles. The second kappa shape index (κ2) is 6.07. The molecule has 4 rings (SSSR count). The van der Waals surface area contributed by atoms with E-state index < -0.39 is 11.9 Å². The lowest BCUT2D eigenvalue weighted by molar-refractivity contribution is -0.0943. The highest BCUT2D eigenvalue weighted by atomic mass is 16.7. The third-order valence-electron chi connectivity index (χ3n) is 4.16. The summed E-state index contributed by atoms with van der Waals surface area (Å²) in [5.74, 6) is 0.428. The Kier molecular flexibility index (Phi) is 3.76. The summed E-state index contributed by atoms with van der Waals surface area (Å²) in [4.78, 5) is 13.2. The Bertz CT molecular complexity index is 811. The maximum absolute atomic E-state index is 13.2. The van der Waals surface area contributed by atoms with E-state index in [2.05, 4.69) is 0 Å². The normalized spacial score (nSPS) is 23.2. The standard InChI is InChI=1S/C20H16O4/c21-18(15-8-3-1-4-9-15)20(16-10-5-2-6-11-16)14-23-19(24-20)17-12-7-13-22-17/h1-13,19H,14H2. The van der Waals surface area contributed by atoms with Gasteiger partial charge in [0.05, 0.1) is 12.9 Å². The Morgan fingerprint density at radius 3 is 2.29 bits per heavy atom. The van der Waals surface area contributed by atoms with Crippen molar-refractivity contribution in [3.63, 3.8) is 0 Å². The van der Waals surface area contributed by atoms with Crippen LogP contribution in [-0.2, 0) is 15.1 Å². The van der Waals surface area contributed by atoms with E-state index in [0.717, 1.165) is 5.56 Å². The fourth-order valence-corrected chi connectivity index (χ4v) is 2.94. The van der Waals surface area contributed by atoms with Gasteiger partial charge < -0.3 is 13.9 Å². The largest absolute Gasteiger partial charge is 0.464 e. The lowest BCUT2D eigenvalue weighted by Crippen LogP contribution is -2.38. The number of carbonyl (C=O) groups is 1. The molecule has 24 heavy (non-hydrogen) atoms. The van der Waals surface area contributed by atoms with Gasteiger partial charge in [-0.2, -0.15) is 0 Å². The SMILES string of the molecule is O=C(c1ccccc1)C1(c2ccccc2)COC(c2ccco2)O1. The molecule has 0 bridgehead atoms. The highest BCUT2D eigenvalue weighted by molar-refractivity contribution is 6.03. The molecule has 2 heterocycles. The number of hydrogen-bond donors (Lipinski definition) is 0. The minimum absolute atomic E-state index is 0.122. The Labute approximate surface area is 139 Å². The fraction of sp³-hybridized carbons (Fsp3) is 0.150.